The van der Waals surface area contributed by atoms with Gasteiger partial charge in [-0.1, -0.05) is 6.07 Å². The topological polar surface area (TPSA) is 21.3 Å². The van der Waals surface area contributed by atoms with Gasteiger partial charge in [-0.2, -0.15) is 0 Å². The summed E-state index contributed by atoms with van der Waals surface area (Å²) >= 11 is 0. The van der Waals surface area contributed by atoms with Gasteiger partial charge in [0.1, 0.15) is 11.4 Å². The molecule has 1 atom stereocenters. The minimum Gasteiger partial charge on any atom is -0.487 e. The maximum atomic E-state index is 6.18. The highest BCUT2D eigenvalue weighted by atomic mass is 16.5. The molecule has 0 aromatic heterocycles. The Morgan fingerprint density at radius 2 is 1.83 bits per heavy atom. The van der Waals surface area contributed by atoms with Crippen LogP contribution in [-0.2, 0) is 12.8 Å². The molecule has 2 heteroatoms. The molecule has 0 spiro atoms. The van der Waals surface area contributed by atoms with Crippen LogP contribution < -0.4 is 10.1 Å². The Labute approximate surface area is 110 Å². The standard InChI is InChI=1S/C16H23NO/c1-16(2)10-14(17-3)13-8-11-6-4-5-7-12(11)9-15(13)18-16/h8-9,14,17H,4-7,10H2,1-3H3. The van der Waals surface area contributed by atoms with Crippen LogP contribution in [0.1, 0.15) is 55.8 Å². The summed E-state index contributed by atoms with van der Waals surface area (Å²) in [7, 11) is 2.05. The third-order valence-corrected chi connectivity index (χ3v) is 4.28. The maximum Gasteiger partial charge on any atom is 0.125 e. The lowest BCUT2D eigenvalue weighted by atomic mass is 9.84. The van der Waals surface area contributed by atoms with Crippen molar-refractivity contribution in [1.82, 2.24) is 5.32 Å². The van der Waals surface area contributed by atoms with E-state index in [1.54, 1.807) is 5.56 Å². The zero-order valence-corrected chi connectivity index (χ0v) is 11.7. The molecule has 2 nitrogen and oxygen atoms in total. The molecule has 98 valence electrons. The highest BCUT2D eigenvalue weighted by Gasteiger charge is 2.33. The number of hydrogen-bond donors (Lipinski definition) is 1. The van der Waals surface area contributed by atoms with Crippen molar-refractivity contribution >= 4 is 0 Å². The Morgan fingerprint density at radius 3 is 2.50 bits per heavy atom. The highest BCUT2D eigenvalue weighted by molar-refractivity contribution is 5.47. The first-order chi connectivity index (χ1) is 8.59. The zero-order chi connectivity index (χ0) is 12.8. The molecule has 1 aromatic rings. The summed E-state index contributed by atoms with van der Waals surface area (Å²) in [4.78, 5) is 0. The third-order valence-electron chi connectivity index (χ3n) is 4.28. The highest BCUT2D eigenvalue weighted by Crippen LogP contribution is 2.41. The van der Waals surface area contributed by atoms with E-state index in [-0.39, 0.29) is 5.60 Å². The number of aryl methyl sites for hydroxylation is 2. The summed E-state index contributed by atoms with van der Waals surface area (Å²) < 4.78 is 6.18. The molecule has 1 heterocycles. The van der Waals surface area contributed by atoms with Crippen LogP contribution in [0, 0.1) is 0 Å². The number of hydrogen-bond acceptors (Lipinski definition) is 2. The van der Waals surface area contributed by atoms with Crippen LogP contribution in [0.25, 0.3) is 0 Å². The SMILES string of the molecule is CNC1CC(C)(C)Oc2cc3c(cc21)CCCC3. The quantitative estimate of drug-likeness (QED) is 0.819. The number of ether oxygens (including phenoxy) is 1. The first-order valence-electron chi connectivity index (χ1n) is 7.11. The van der Waals surface area contributed by atoms with Gasteiger partial charge < -0.3 is 10.1 Å². The van der Waals surface area contributed by atoms with Gasteiger partial charge in [0.25, 0.3) is 0 Å². The average molecular weight is 245 g/mol. The Bertz CT molecular complexity index is 464. The van der Waals surface area contributed by atoms with Crippen molar-refractivity contribution in [2.45, 2.75) is 57.6 Å². The van der Waals surface area contributed by atoms with E-state index < -0.39 is 0 Å². The second-order valence-electron chi connectivity index (χ2n) is 6.27. The minimum absolute atomic E-state index is 0.0659. The van der Waals surface area contributed by atoms with E-state index in [2.05, 4.69) is 38.3 Å². The molecule has 0 fully saturated rings. The summed E-state index contributed by atoms with van der Waals surface area (Å²) in [5.41, 5.74) is 4.34. The molecule has 18 heavy (non-hydrogen) atoms. The molecule has 0 amide bonds. The van der Waals surface area contributed by atoms with Gasteiger partial charge in [-0.3, -0.25) is 0 Å². The molecule has 1 aliphatic carbocycles. The van der Waals surface area contributed by atoms with Crippen molar-refractivity contribution in [3.8, 4) is 5.75 Å². The van der Waals surface area contributed by atoms with Crippen LogP contribution in [0.2, 0.25) is 0 Å². The van der Waals surface area contributed by atoms with Crippen LogP contribution in [0.5, 0.6) is 5.75 Å². The van der Waals surface area contributed by atoms with Crippen molar-refractivity contribution in [1.29, 1.82) is 0 Å². The fraction of sp³-hybridized carbons (Fsp3) is 0.625. The predicted molar refractivity (Wildman–Crippen MR) is 74.2 cm³/mol. The largest absolute Gasteiger partial charge is 0.487 e. The summed E-state index contributed by atoms with van der Waals surface area (Å²) in [6.07, 6.45) is 6.15. The van der Waals surface area contributed by atoms with Crippen molar-refractivity contribution in [3.63, 3.8) is 0 Å². The van der Waals surface area contributed by atoms with Gasteiger partial charge in [0, 0.05) is 18.0 Å². The molecule has 0 saturated heterocycles. The van der Waals surface area contributed by atoms with Crippen molar-refractivity contribution in [3.05, 3.63) is 28.8 Å². The summed E-state index contributed by atoms with van der Waals surface area (Å²) in [5.74, 6) is 1.10. The van der Waals surface area contributed by atoms with Gasteiger partial charge in [-0.25, -0.2) is 0 Å². The predicted octanol–water partition coefficient (Wildman–Crippen LogP) is 3.39. The number of nitrogens with one attached hydrogen (secondary N) is 1. The Balaban J connectivity index is 2.06. The van der Waals surface area contributed by atoms with Gasteiger partial charge in [-0.05, 0) is 63.8 Å². The fourth-order valence-electron chi connectivity index (χ4n) is 3.34. The van der Waals surface area contributed by atoms with E-state index in [1.807, 2.05) is 0 Å². The number of benzene rings is 1. The minimum atomic E-state index is -0.0659. The summed E-state index contributed by atoms with van der Waals surface area (Å²) in [6, 6.07) is 5.12. The zero-order valence-electron chi connectivity index (χ0n) is 11.7. The first-order valence-corrected chi connectivity index (χ1v) is 7.11. The molecule has 1 N–H and O–H groups in total. The van der Waals surface area contributed by atoms with Gasteiger partial charge in [-0.15, -0.1) is 0 Å². The lowest BCUT2D eigenvalue weighted by Crippen LogP contribution is -2.38. The Hall–Kier alpha value is -1.02. The van der Waals surface area contributed by atoms with E-state index in [9.17, 15) is 0 Å². The Morgan fingerprint density at radius 1 is 1.17 bits per heavy atom. The van der Waals surface area contributed by atoms with Gasteiger partial charge in [0.05, 0.1) is 0 Å². The van der Waals surface area contributed by atoms with Crippen LogP contribution in [-0.4, -0.2) is 12.6 Å². The molecular weight excluding hydrogens is 222 g/mol. The average Bonchev–Trinajstić information content (AvgIpc) is 2.34. The smallest absolute Gasteiger partial charge is 0.125 e. The number of rotatable bonds is 1. The molecule has 0 bridgehead atoms. The van der Waals surface area contributed by atoms with E-state index in [1.165, 1.54) is 36.8 Å². The third kappa shape index (κ3) is 2.03. The lowest BCUT2D eigenvalue weighted by Gasteiger charge is -2.38. The van der Waals surface area contributed by atoms with Crippen LogP contribution in [0.4, 0.5) is 0 Å². The monoisotopic (exact) mass is 245 g/mol. The second-order valence-corrected chi connectivity index (χ2v) is 6.27. The molecule has 3 rings (SSSR count). The summed E-state index contributed by atoms with van der Waals surface area (Å²) in [6.45, 7) is 4.36. The second kappa shape index (κ2) is 4.27. The first kappa shape index (κ1) is 12.0. The van der Waals surface area contributed by atoms with Crippen molar-refractivity contribution in [2.75, 3.05) is 7.05 Å². The van der Waals surface area contributed by atoms with E-state index in [0.717, 1.165) is 12.2 Å². The number of fused-ring (bicyclic) bond motifs is 2. The van der Waals surface area contributed by atoms with Crippen LogP contribution in [0.3, 0.4) is 0 Å². The fourth-order valence-corrected chi connectivity index (χ4v) is 3.34. The molecule has 0 saturated carbocycles. The van der Waals surface area contributed by atoms with Gasteiger partial charge in [0.2, 0.25) is 0 Å². The normalized spacial score (nSPS) is 24.9. The van der Waals surface area contributed by atoms with E-state index >= 15 is 0 Å². The molecule has 0 radical (unpaired) electrons. The van der Waals surface area contributed by atoms with E-state index in [0.29, 0.717) is 6.04 Å². The van der Waals surface area contributed by atoms with Crippen LogP contribution >= 0.6 is 0 Å². The van der Waals surface area contributed by atoms with Gasteiger partial charge in [0.15, 0.2) is 0 Å². The molecule has 2 aliphatic rings. The van der Waals surface area contributed by atoms with Crippen molar-refractivity contribution in [2.24, 2.45) is 0 Å². The van der Waals surface area contributed by atoms with E-state index in [4.69, 9.17) is 4.74 Å². The molecule has 1 unspecified atom stereocenters. The van der Waals surface area contributed by atoms with Gasteiger partial charge >= 0.3 is 0 Å². The molecule has 1 aliphatic heterocycles. The molecule has 1 aromatic carbocycles. The Kier molecular flexibility index (Phi) is 2.86. The maximum absolute atomic E-state index is 6.18. The summed E-state index contributed by atoms with van der Waals surface area (Å²) in [5, 5.41) is 3.44. The van der Waals surface area contributed by atoms with Crippen molar-refractivity contribution < 1.29 is 4.74 Å². The lowest BCUT2D eigenvalue weighted by molar-refractivity contribution is 0.0673. The molecular formula is C16H23NO. The van der Waals surface area contributed by atoms with Crippen LogP contribution in [0.15, 0.2) is 12.1 Å².